The van der Waals surface area contributed by atoms with E-state index in [1.54, 1.807) is 17.0 Å². The number of hydrogen-bond acceptors (Lipinski definition) is 5. The van der Waals surface area contributed by atoms with Gasteiger partial charge in [0.05, 0.1) is 17.3 Å². The Bertz CT molecular complexity index is 1420. The number of rotatable bonds is 6. The molecule has 4 aromatic rings. The molecule has 1 unspecified atom stereocenters. The quantitative estimate of drug-likeness (QED) is 0.452. The van der Waals surface area contributed by atoms with E-state index in [-0.39, 0.29) is 25.0 Å². The molecule has 1 fully saturated rings. The van der Waals surface area contributed by atoms with Crippen LogP contribution in [-0.4, -0.2) is 34.9 Å². The molecule has 0 spiro atoms. The van der Waals surface area contributed by atoms with E-state index in [1.807, 2.05) is 77.6 Å². The second-order valence-corrected chi connectivity index (χ2v) is 8.81. The maximum Gasteiger partial charge on any atom is 0.231 e. The Morgan fingerprint density at radius 3 is 2.50 bits per heavy atom. The lowest BCUT2D eigenvalue weighted by Gasteiger charge is -2.17. The number of para-hydroxylation sites is 1. The number of benzene rings is 3. The van der Waals surface area contributed by atoms with Crippen LogP contribution in [0.15, 0.2) is 85.1 Å². The predicted octanol–water partition coefficient (Wildman–Crippen LogP) is 3.94. The number of anilines is 1. The van der Waals surface area contributed by atoms with Crippen LogP contribution in [0.5, 0.6) is 11.5 Å². The third-order valence-electron chi connectivity index (χ3n) is 6.47. The van der Waals surface area contributed by atoms with Crippen LogP contribution in [0.3, 0.4) is 0 Å². The van der Waals surface area contributed by atoms with Crippen LogP contribution in [-0.2, 0) is 16.1 Å². The number of ether oxygens (including phenoxy) is 2. The SMILES string of the molecule is O=C(NCc1cn(-c2ccccc2)nc1-c1ccccc1)C1CC(=O)N(c2ccc3c(c2)OCO3)C1. The Balaban J connectivity index is 1.18. The second-order valence-electron chi connectivity index (χ2n) is 8.81. The number of nitrogens with zero attached hydrogens (tertiary/aromatic N) is 3. The van der Waals surface area contributed by atoms with Gasteiger partial charge >= 0.3 is 0 Å². The molecule has 8 heteroatoms. The van der Waals surface area contributed by atoms with E-state index in [4.69, 9.17) is 14.6 Å². The standard InChI is InChI=1S/C28H24N4O4/c33-26-13-20(16-31(26)23-11-12-24-25(14-23)36-18-35-24)28(34)29-15-21-17-32(22-9-5-2-6-10-22)30-27(21)19-7-3-1-4-8-19/h1-12,14,17,20H,13,15-16,18H2,(H,29,34). The van der Waals surface area contributed by atoms with Gasteiger partial charge in [0.25, 0.3) is 0 Å². The number of hydrogen-bond donors (Lipinski definition) is 1. The van der Waals surface area contributed by atoms with Gasteiger partial charge in [-0.05, 0) is 24.3 Å². The summed E-state index contributed by atoms with van der Waals surface area (Å²) in [6, 6.07) is 25.1. The maximum atomic E-state index is 13.1. The minimum Gasteiger partial charge on any atom is -0.454 e. The molecule has 0 saturated carbocycles. The highest BCUT2D eigenvalue weighted by Crippen LogP contribution is 2.37. The summed E-state index contributed by atoms with van der Waals surface area (Å²) >= 11 is 0. The van der Waals surface area contributed by atoms with Crippen molar-refractivity contribution in [2.24, 2.45) is 5.92 Å². The Morgan fingerprint density at radius 2 is 1.69 bits per heavy atom. The first kappa shape index (κ1) is 21.9. The van der Waals surface area contributed by atoms with E-state index in [0.717, 1.165) is 22.5 Å². The molecule has 8 nitrogen and oxygen atoms in total. The van der Waals surface area contributed by atoms with E-state index in [1.165, 1.54) is 0 Å². The number of nitrogens with one attached hydrogen (secondary N) is 1. The smallest absolute Gasteiger partial charge is 0.231 e. The summed E-state index contributed by atoms with van der Waals surface area (Å²) in [4.78, 5) is 27.4. The van der Waals surface area contributed by atoms with E-state index >= 15 is 0 Å². The van der Waals surface area contributed by atoms with Crippen molar-refractivity contribution >= 4 is 17.5 Å². The van der Waals surface area contributed by atoms with Crippen LogP contribution in [0.1, 0.15) is 12.0 Å². The predicted molar refractivity (Wildman–Crippen MR) is 134 cm³/mol. The Morgan fingerprint density at radius 1 is 0.944 bits per heavy atom. The van der Waals surface area contributed by atoms with Gasteiger partial charge in [-0.1, -0.05) is 48.5 Å². The lowest BCUT2D eigenvalue weighted by molar-refractivity contribution is -0.126. The number of amides is 2. The third kappa shape index (κ3) is 4.17. The zero-order valence-corrected chi connectivity index (χ0v) is 19.5. The molecule has 3 aromatic carbocycles. The monoisotopic (exact) mass is 480 g/mol. The van der Waals surface area contributed by atoms with Crippen LogP contribution in [0.2, 0.25) is 0 Å². The van der Waals surface area contributed by atoms with Crippen molar-refractivity contribution < 1.29 is 19.1 Å². The Labute approximate surface area is 208 Å². The first-order valence-electron chi connectivity index (χ1n) is 11.8. The lowest BCUT2D eigenvalue weighted by atomic mass is 10.1. The van der Waals surface area contributed by atoms with Gasteiger partial charge in [-0.25, -0.2) is 4.68 Å². The van der Waals surface area contributed by atoms with Gasteiger partial charge in [-0.2, -0.15) is 5.10 Å². The van der Waals surface area contributed by atoms with Crippen molar-refractivity contribution in [1.82, 2.24) is 15.1 Å². The fourth-order valence-electron chi connectivity index (χ4n) is 4.60. The lowest BCUT2D eigenvalue weighted by Crippen LogP contribution is -2.32. The van der Waals surface area contributed by atoms with E-state index in [0.29, 0.717) is 30.3 Å². The molecule has 6 rings (SSSR count). The molecule has 2 amide bonds. The highest BCUT2D eigenvalue weighted by molar-refractivity contribution is 6.00. The molecule has 1 atom stereocenters. The van der Waals surface area contributed by atoms with Crippen molar-refractivity contribution in [3.63, 3.8) is 0 Å². The van der Waals surface area contributed by atoms with E-state index in [2.05, 4.69) is 5.32 Å². The second kappa shape index (κ2) is 9.22. The number of carbonyl (C=O) groups is 2. The van der Waals surface area contributed by atoms with Crippen LogP contribution in [0.4, 0.5) is 5.69 Å². The minimum atomic E-state index is -0.438. The summed E-state index contributed by atoms with van der Waals surface area (Å²) in [7, 11) is 0. The van der Waals surface area contributed by atoms with Crippen molar-refractivity contribution in [3.8, 4) is 28.4 Å². The molecule has 180 valence electrons. The van der Waals surface area contributed by atoms with Crippen LogP contribution < -0.4 is 19.7 Å². The molecule has 0 radical (unpaired) electrons. The summed E-state index contributed by atoms with van der Waals surface area (Å²) in [5.74, 6) is 0.586. The third-order valence-corrected chi connectivity index (χ3v) is 6.47. The first-order chi connectivity index (χ1) is 17.7. The van der Waals surface area contributed by atoms with Crippen molar-refractivity contribution in [3.05, 3.63) is 90.6 Å². The molecule has 3 heterocycles. The molecule has 0 aliphatic carbocycles. The van der Waals surface area contributed by atoms with Crippen molar-refractivity contribution in [2.75, 3.05) is 18.2 Å². The number of aromatic nitrogens is 2. The topological polar surface area (TPSA) is 85.7 Å². The number of carbonyl (C=O) groups excluding carboxylic acids is 2. The summed E-state index contributed by atoms with van der Waals surface area (Å²) < 4.78 is 12.6. The molecule has 2 aliphatic heterocycles. The molecular formula is C28H24N4O4. The van der Waals surface area contributed by atoms with Crippen LogP contribution >= 0.6 is 0 Å². The van der Waals surface area contributed by atoms with Gasteiger partial charge in [0.2, 0.25) is 18.6 Å². The largest absolute Gasteiger partial charge is 0.454 e. The van der Waals surface area contributed by atoms with Gasteiger partial charge in [0, 0.05) is 48.6 Å². The number of fused-ring (bicyclic) bond motifs is 1. The van der Waals surface area contributed by atoms with Crippen LogP contribution in [0.25, 0.3) is 16.9 Å². The Kier molecular flexibility index (Phi) is 5.61. The zero-order chi connectivity index (χ0) is 24.5. The van der Waals surface area contributed by atoms with Crippen LogP contribution in [0, 0.1) is 5.92 Å². The summed E-state index contributed by atoms with van der Waals surface area (Å²) in [6.07, 6.45) is 2.10. The minimum absolute atomic E-state index is 0.0871. The molecule has 36 heavy (non-hydrogen) atoms. The molecule has 1 N–H and O–H groups in total. The fraction of sp³-hybridized carbons (Fsp3) is 0.179. The highest BCUT2D eigenvalue weighted by atomic mass is 16.7. The van der Waals surface area contributed by atoms with Gasteiger partial charge in [-0.3, -0.25) is 9.59 Å². The molecule has 2 aliphatic rings. The summed E-state index contributed by atoms with van der Waals surface area (Å²) in [5.41, 5.74) is 4.32. The summed E-state index contributed by atoms with van der Waals surface area (Å²) in [5, 5.41) is 7.83. The molecule has 1 aromatic heterocycles. The molecular weight excluding hydrogens is 456 g/mol. The molecule has 1 saturated heterocycles. The van der Waals surface area contributed by atoms with Gasteiger partial charge in [0.1, 0.15) is 0 Å². The van der Waals surface area contributed by atoms with Gasteiger partial charge < -0.3 is 19.7 Å². The average Bonchev–Trinajstić information content (AvgIpc) is 3.66. The maximum absolute atomic E-state index is 13.1. The van der Waals surface area contributed by atoms with Crippen molar-refractivity contribution in [2.45, 2.75) is 13.0 Å². The van der Waals surface area contributed by atoms with E-state index < -0.39 is 5.92 Å². The Hall–Kier alpha value is -4.59. The first-order valence-corrected chi connectivity index (χ1v) is 11.8. The normalized spacial score (nSPS) is 16.4. The highest BCUT2D eigenvalue weighted by Gasteiger charge is 2.35. The fourth-order valence-corrected chi connectivity index (χ4v) is 4.60. The zero-order valence-electron chi connectivity index (χ0n) is 19.5. The summed E-state index contributed by atoms with van der Waals surface area (Å²) in [6.45, 7) is 0.799. The van der Waals surface area contributed by atoms with Crippen molar-refractivity contribution in [1.29, 1.82) is 0 Å². The average molecular weight is 481 g/mol. The van der Waals surface area contributed by atoms with Gasteiger partial charge in [-0.15, -0.1) is 0 Å². The van der Waals surface area contributed by atoms with Gasteiger partial charge in [0.15, 0.2) is 11.5 Å². The van der Waals surface area contributed by atoms with E-state index in [9.17, 15) is 9.59 Å². The molecule has 0 bridgehead atoms.